The van der Waals surface area contributed by atoms with E-state index in [1.807, 2.05) is 6.07 Å². The minimum atomic E-state index is -0.732. The number of ether oxygens (including phenoxy) is 2. The van der Waals surface area contributed by atoms with Gasteiger partial charge in [-0.15, -0.1) is 0 Å². The molecule has 1 aliphatic carbocycles. The van der Waals surface area contributed by atoms with E-state index in [1.54, 1.807) is 19.1 Å². The van der Waals surface area contributed by atoms with Crippen LogP contribution >= 0.6 is 0 Å². The monoisotopic (exact) mass is 464 g/mol. The van der Waals surface area contributed by atoms with Crippen LogP contribution in [0.15, 0.2) is 42.5 Å². The maximum Gasteiger partial charge on any atom is 0.306 e. The van der Waals surface area contributed by atoms with Crippen LogP contribution in [0.4, 0.5) is 0 Å². The second-order valence-electron chi connectivity index (χ2n) is 9.69. The molecule has 0 spiro atoms. The van der Waals surface area contributed by atoms with E-state index < -0.39 is 6.10 Å². The third-order valence-electron chi connectivity index (χ3n) is 6.29. The highest BCUT2D eigenvalue weighted by atomic mass is 16.5. The summed E-state index contributed by atoms with van der Waals surface area (Å²) in [7, 11) is 0. The summed E-state index contributed by atoms with van der Waals surface area (Å²) in [6.45, 7) is 6.89. The minimum absolute atomic E-state index is 0.0586. The Morgan fingerprint density at radius 3 is 2.56 bits per heavy atom. The van der Waals surface area contributed by atoms with E-state index in [-0.39, 0.29) is 24.5 Å². The average Bonchev–Trinajstić information content (AvgIpc) is 3.21. The molecule has 1 atom stereocenters. The first-order valence-electron chi connectivity index (χ1n) is 12.1. The number of esters is 1. The van der Waals surface area contributed by atoms with Gasteiger partial charge in [0.25, 0.3) is 0 Å². The molecule has 2 aromatic carbocycles. The van der Waals surface area contributed by atoms with Gasteiger partial charge in [-0.25, -0.2) is 0 Å². The number of aryl methyl sites for hydroxylation is 1. The maximum absolute atomic E-state index is 11.7. The summed E-state index contributed by atoms with van der Waals surface area (Å²) < 4.78 is 10.9. The zero-order chi connectivity index (χ0) is 24.6. The fourth-order valence-corrected chi connectivity index (χ4v) is 4.73. The van der Waals surface area contributed by atoms with Crippen LogP contribution in [0.5, 0.6) is 5.75 Å². The number of nitrogens with zero attached hydrogens (tertiary/aromatic N) is 1. The van der Waals surface area contributed by atoms with Gasteiger partial charge in [-0.05, 0) is 75.1 Å². The van der Waals surface area contributed by atoms with Crippen molar-refractivity contribution in [3.8, 4) is 11.8 Å². The number of benzene rings is 2. The Bertz CT molecular complexity index is 987. The Labute approximate surface area is 202 Å². The number of hydrogen-bond donors (Lipinski definition) is 2. The van der Waals surface area contributed by atoms with E-state index in [2.05, 4.69) is 49.5 Å². The first kappa shape index (κ1) is 25.7. The maximum atomic E-state index is 11.7. The number of para-hydroxylation sites is 1. The molecule has 3 rings (SSSR count). The predicted octanol–water partition coefficient (Wildman–Crippen LogP) is 3.97. The molecule has 0 bridgehead atoms. The van der Waals surface area contributed by atoms with Gasteiger partial charge in [-0.2, -0.15) is 5.26 Å². The van der Waals surface area contributed by atoms with Crippen LogP contribution in [0.1, 0.15) is 55.9 Å². The highest BCUT2D eigenvalue weighted by molar-refractivity contribution is 5.70. The average molecular weight is 465 g/mol. The first-order valence-corrected chi connectivity index (χ1v) is 12.1. The van der Waals surface area contributed by atoms with Crippen molar-refractivity contribution >= 4 is 5.97 Å². The zero-order valence-corrected chi connectivity index (χ0v) is 20.5. The van der Waals surface area contributed by atoms with Crippen molar-refractivity contribution in [1.29, 1.82) is 5.26 Å². The SMILES string of the molecule is CCOC(=O)CCc1cccc(C#N)c1OCC(O)CNC(C)(C)CC1Cc2ccccc2C1. The Kier molecular flexibility index (Phi) is 9.09. The lowest BCUT2D eigenvalue weighted by Gasteiger charge is -2.30. The van der Waals surface area contributed by atoms with Crippen molar-refractivity contribution in [3.63, 3.8) is 0 Å². The molecule has 0 aromatic heterocycles. The van der Waals surface area contributed by atoms with Crippen molar-refractivity contribution in [2.45, 2.75) is 64.5 Å². The number of rotatable bonds is 12. The van der Waals surface area contributed by atoms with E-state index in [0.29, 0.717) is 36.8 Å². The van der Waals surface area contributed by atoms with Crippen molar-refractivity contribution in [3.05, 3.63) is 64.7 Å². The number of β-amino-alcohol motifs (C(OH)–C–C–N with tert-alkyl or cyclic N) is 1. The Hall–Kier alpha value is -2.88. The lowest BCUT2D eigenvalue weighted by atomic mass is 9.88. The summed E-state index contributed by atoms with van der Waals surface area (Å²) in [6.07, 6.45) is 3.12. The smallest absolute Gasteiger partial charge is 0.306 e. The van der Waals surface area contributed by atoms with E-state index >= 15 is 0 Å². The Morgan fingerprint density at radius 2 is 1.91 bits per heavy atom. The summed E-state index contributed by atoms with van der Waals surface area (Å²) in [5, 5.41) is 23.5. The molecule has 0 radical (unpaired) electrons. The van der Waals surface area contributed by atoms with E-state index in [1.165, 1.54) is 11.1 Å². The zero-order valence-electron chi connectivity index (χ0n) is 20.5. The standard InChI is InChI=1S/C28H36N2O4/c1-4-33-26(32)13-12-21-10-7-11-24(17-29)27(21)34-19-25(31)18-30-28(2,3)16-20-14-22-8-5-6-9-23(22)15-20/h5-11,20,25,30-31H,4,12-16,18-19H2,1-3H3. The molecule has 0 fully saturated rings. The molecule has 34 heavy (non-hydrogen) atoms. The molecular weight excluding hydrogens is 428 g/mol. The molecule has 0 heterocycles. The van der Waals surface area contributed by atoms with Gasteiger partial charge in [0.05, 0.1) is 12.2 Å². The summed E-state index contributed by atoms with van der Waals surface area (Å²) in [4.78, 5) is 11.7. The van der Waals surface area contributed by atoms with Crippen LogP contribution in [-0.2, 0) is 28.8 Å². The predicted molar refractivity (Wildman–Crippen MR) is 132 cm³/mol. The number of hydrogen-bond acceptors (Lipinski definition) is 6. The van der Waals surface area contributed by atoms with Crippen LogP contribution in [0.3, 0.4) is 0 Å². The van der Waals surface area contributed by atoms with E-state index in [4.69, 9.17) is 9.47 Å². The summed E-state index contributed by atoms with van der Waals surface area (Å²) >= 11 is 0. The number of nitrogens with one attached hydrogen (secondary N) is 1. The molecule has 182 valence electrons. The van der Waals surface area contributed by atoms with Crippen molar-refractivity contribution < 1.29 is 19.4 Å². The number of aliphatic hydroxyl groups excluding tert-OH is 1. The third-order valence-corrected chi connectivity index (χ3v) is 6.29. The van der Waals surface area contributed by atoms with Gasteiger partial charge in [0.15, 0.2) is 0 Å². The number of carbonyl (C=O) groups excluding carboxylic acids is 1. The molecule has 0 aliphatic heterocycles. The number of nitriles is 1. The second kappa shape index (κ2) is 12.0. The highest BCUT2D eigenvalue weighted by Crippen LogP contribution is 2.32. The van der Waals surface area contributed by atoms with E-state index in [0.717, 1.165) is 24.8 Å². The number of carbonyl (C=O) groups is 1. The largest absolute Gasteiger partial charge is 0.489 e. The summed E-state index contributed by atoms with van der Waals surface area (Å²) in [5.41, 5.74) is 3.93. The quantitative estimate of drug-likeness (QED) is 0.462. The van der Waals surface area contributed by atoms with Crippen LogP contribution in [0.25, 0.3) is 0 Å². The molecule has 6 nitrogen and oxygen atoms in total. The van der Waals surface area contributed by atoms with Gasteiger partial charge < -0.3 is 19.9 Å². The van der Waals surface area contributed by atoms with Gasteiger partial charge in [-0.3, -0.25) is 4.79 Å². The van der Waals surface area contributed by atoms with Crippen molar-refractivity contribution in [2.75, 3.05) is 19.8 Å². The van der Waals surface area contributed by atoms with Gasteiger partial charge in [0.2, 0.25) is 0 Å². The van der Waals surface area contributed by atoms with Crippen LogP contribution in [-0.4, -0.2) is 42.5 Å². The van der Waals surface area contributed by atoms with Gasteiger partial charge >= 0.3 is 5.97 Å². The van der Waals surface area contributed by atoms with Crippen molar-refractivity contribution in [1.82, 2.24) is 5.32 Å². The topological polar surface area (TPSA) is 91.6 Å². The lowest BCUT2D eigenvalue weighted by molar-refractivity contribution is -0.143. The second-order valence-corrected chi connectivity index (χ2v) is 9.69. The molecule has 0 saturated heterocycles. The fourth-order valence-electron chi connectivity index (χ4n) is 4.73. The molecular formula is C28H36N2O4. The molecule has 0 amide bonds. The third kappa shape index (κ3) is 7.31. The molecule has 0 saturated carbocycles. The molecule has 2 N–H and O–H groups in total. The fraction of sp³-hybridized carbons (Fsp3) is 0.500. The van der Waals surface area contributed by atoms with Gasteiger partial charge in [-0.1, -0.05) is 36.4 Å². The Morgan fingerprint density at radius 1 is 1.21 bits per heavy atom. The van der Waals surface area contributed by atoms with Gasteiger partial charge in [0.1, 0.15) is 24.5 Å². The van der Waals surface area contributed by atoms with Crippen LogP contribution in [0.2, 0.25) is 0 Å². The Balaban J connectivity index is 1.50. The molecule has 6 heteroatoms. The normalized spacial score (nSPS) is 14.3. The summed E-state index contributed by atoms with van der Waals surface area (Å²) in [5.74, 6) is 0.738. The number of fused-ring (bicyclic) bond motifs is 1. The number of aliphatic hydroxyl groups is 1. The van der Waals surface area contributed by atoms with Crippen LogP contribution in [0, 0.1) is 17.2 Å². The summed E-state index contributed by atoms with van der Waals surface area (Å²) in [6, 6.07) is 16.1. The van der Waals surface area contributed by atoms with E-state index in [9.17, 15) is 15.2 Å². The van der Waals surface area contributed by atoms with Gasteiger partial charge in [0, 0.05) is 18.5 Å². The molecule has 1 unspecified atom stereocenters. The molecule has 2 aromatic rings. The lowest BCUT2D eigenvalue weighted by Crippen LogP contribution is -2.46. The highest BCUT2D eigenvalue weighted by Gasteiger charge is 2.28. The minimum Gasteiger partial charge on any atom is -0.489 e. The molecule has 1 aliphatic rings. The van der Waals surface area contributed by atoms with Crippen LogP contribution < -0.4 is 10.1 Å². The van der Waals surface area contributed by atoms with Crippen molar-refractivity contribution in [2.24, 2.45) is 5.92 Å². The first-order chi connectivity index (χ1) is 16.3.